The number of hydrogen-bond acceptors (Lipinski definition) is 7. The molecule has 1 heterocycles. The largest absolute Gasteiger partial charge is 0.494 e. The lowest BCUT2D eigenvalue weighted by atomic mass is 10.0. The molecule has 3 aromatic carbocycles. The van der Waals surface area contributed by atoms with E-state index in [4.69, 9.17) is 15.0 Å². The average Bonchev–Trinajstić information content (AvgIpc) is 3.56. The van der Waals surface area contributed by atoms with Crippen molar-refractivity contribution in [2.24, 2.45) is 5.73 Å². The summed E-state index contributed by atoms with van der Waals surface area (Å²) in [7, 11) is 0. The van der Waals surface area contributed by atoms with Crippen LogP contribution in [0.25, 0.3) is 0 Å². The second kappa shape index (κ2) is 15.2. The zero-order valence-corrected chi connectivity index (χ0v) is 23.4. The minimum absolute atomic E-state index is 0.0290. The van der Waals surface area contributed by atoms with E-state index in [1.807, 2.05) is 73.7 Å². The molecule has 10 nitrogen and oxygen atoms in total. The van der Waals surface area contributed by atoms with Gasteiger partial charge in [-0.25, -0.2) is 0 Å². The highest BCUT2D eigenvalue weighted by Crippen LogP contribution is 2.14. The van der Waals surface area contributed by atoms with Crippen molar-refractivity contribution < 1.29 is 23.6 Å². The molecule has 0 aliphatic carbocycles. The maximum absolute atomic E-state index is 13.7. The summed E-state index contributed by atoms with van der Waals surface area (Å²) in [5.41, 5.74) is 9.24. The number of nitrogens with zero attached hydrogens (tertiary/aromatic N) is 1. The number of carbonyl (C=O) groups excluding carboxylic acids is 3. The smallest absolute Gasteiger partial charge is 0.290 e. The molecule has 10 heteroatoms. The van der Waals surface area contributed by atoms with Crippen molar-refractivity contribution in [1.29, 1.82) is 0 Å². The molecule has 1 aromatic heterocycles. The zero-order valence-electron chi connectivity index (χ0n) is 23.4. The fourth-order valence-corrected chi connectivity index (χ4v) is 4.33. The molecule has 0 aliphatic rings. The summed E-state index contributed by atoms with van der Waals surface area (Å²) in [6, 6.07) is 23.8. The maximum atomic E-state index is 13.7. The van der Waals surface area contributed by atoms with Crippen LogP contribution in [-0.4, -0.2) is 41.6 Å². The summed E-state index contributed by atoms with van der Waals surface area (Å²) >= 11 is 0. The Morgan fingerprint density at radius 3 is 2.02 bits per heavy atom. The van der Waals surface area contributed by atoms with Crippen molar-refractivity contribution in [3.05, 3.63) is 119 Å². The number of hydrogen-bond donors (Lipinski definition) is 4. The number of aromatic nitrogens is 1. The van der Waals surface area contributed by atoms with Gasteiger partial charge >= 0.3 is 0 Å². The minimum Gasteiger partial charge on any atom is -0.494 e. The van der Waals surface area contributed by atoms with Crippen molar-refractivity contribution in [3.8, 4) is 5.75 Å². The van der Waals surface area contributed by atoms with E-state index >= 15 is 0 Å². The number of rotatable bonds is 14. The Balaban J connectivity index is 1.51. The van der Waals surface area contributed by atoms with Crippen LogP contribution in [0, 0.1) is 0 Å². The van der Waals surface area contributed by atoms with Gasteiger partial charge < -0.3 is 30.9 Å². The molecule has 4 rings (SSSR count). The van der Waals surface area contributed by atoms with Gasteiger partial charge in [-0.05, 0) is 41.3 Å². The second-order valence-electron chi connectivity index (χ2n) is 9.67. The van der Waals surface area contributed by atoms with Gasteiger partial charge in [0, 0.05) is 32.0 Å². The van der Waals surface area contributed by atoms with Gasteiger partial charge in [0.2, 0.25) is 17.6 Å². The topological polar surface area (TPSA) is 149 Å². The van der Waals surface area contributed by atoms with Gasteiger partial charge in [0.1, 0.15) is 17.8 Å². The van der Waals surface area contributed by atoms with E-state index in [1.165, 1.54) is 12.3 Å². The molecule has 4 aromatic rings. The molecule has 0 saturated carbocycles. The van der Waals surface area contributed by atoms with Crippen LogP contribution < -0.4 is 26.4 Å². The molecule has 0 unspecified atom stereocenters. The van der Waals surface area contributed by atoms with Crippen molar-refractivity contribution in [2.75, 3.05) is 6.61 Å². The van der Waals surface area contributed by atoms with Crippen molar-refractivity contribution in [3.63, 3.8) is 0 Å². The average molecular weight is 570 g/mol. The molecular formula is C32H35N5O5. The van der Waals surface area contributed by atoms with Crippen LogP contribution in [0.1, 0.15) is 39.7 Å². The van der Waals surface area contributed by atoms with E-state index in [0.717, 1.165) is 22.3 Å². The Morgan fingerprint density at radius 1 is 0.786 bits per heavy atom. The van der Waals surface area contributed by atoms with Crippen LogP contribution in [0.3, 0.4) is 0 Å². The van der Waals surface area contributed by atoms with Crippen LogP contribution in [0.2, 0.25) is 0 Å². The lowest BCUT2D eigenvalue weighted by molar-refractivity contribution is -0.130. The molecule has 0 spiro atoms. The summed E-state index contributed by atoms with van der Waals surface area (Å²) in [5, 5.41) is 12.1. The predicted octanol–water partition coefficient (Wildman–Crippen LogP) is 2.92. The van der Waals surface area contributed by atoms with Gasteiger partial charge in [-0.2, -0.15) is 0 Å². The number of nitrogens with one attached hydrogen (secondary N) is 3. The normalized spacial score (nSPS) is 12.1. The van der Waals surface area contributed by atoms with Crippen molar-refractivity contribution in [1.82, 2.24) is 21.1 Å². The summed E-state index contributed by atoms with van der Waals surface area (Å²) in [4.78, 5) is 39.9. The molecule has 3 amide bonds. The third-order valence-electron chi connectivity index (χ3n) is 6.60. The van der Waals surface area contributed by atoms with Gasteiger partial charge in [0.15, 0.2) is 0 Å². The third-order valence-corrected chi connectivity index (χ3v) is 6.60. The van der Waals surface area contributed by atoms with Crippen LogP contribution in [0.4, 0.5) is 0 Å². The monoisotopic (exact) mass is 569 g/mol. The van der Waals surface area contributed by atoms with Crippen LogP contribution in [-0.2, 0) is 35.5 Å². The highest BCUT2D eigenvalue weighted by molar-refractivity contribution is 5.96. The first kappa shape index (κ1) is 30.0. The number of benzene rings is 3. The van der Waals surface area contributed by atoms with Crippen molar-refractivity contribution >= 4 is 17.7 Å². The molecule has 0 fully saturated rings. The first-order valence-corrected chi connectivity index (χ1v) is 13.8. The van der Waals surface area contributed by atoms with E-state index < -0.39 is 23.9 Å². The summed E-state index contributed by atoms with van der Waals surface area (Å²) in [6.45, 7) is 3.14. The van der Waals surface area contributed by atoms with Gasteiger partial charge in [-0.15, -0.1) is 0 Å². The van der Waals surface area contributed by atoms with Crippen LogP contribution in [0.15, 0.2) is 95.6 Å². The highest BCUT2D eigenvalue weighted by Gasteiger charge is 2.28. The molecule has 2 atom stereocenters. The standard InChI is InChI=1S/C32H35N5O5/c1-2-41-26-14-12-23(13-15-26)19-28(37-32(40)29-16-17-35-42-29)31(39)36-27(18-22-6-4-3-5-7-22)30(38)34-21-25-10-8-24(20-33)9-11-25/h3-17,27-28H,2,18-21,33H2,1H3,(H,34,38)(H,36,39)(H,37,40)/t27-,28+/m0/s1. The van der Waals surface area contributed by atoms with Gasteiger partial charge in [-0.3, -0.25) is 14.4 Å². The summed E-state index contributed by atoms with van der Waals surface area (Å²) in [6.07, 6.45) is 1.78. The lowest BCUT2D eigenvalue weighted by Gasteiger charge is -2.23. The minimum atomic E-state index is -1.00. The Morgan fingerprint density at radius 2 is 1.40 bits per heavy atom. The van der Waals surface area contributed by atoms with Gasteiger partial charge in [0.25, 0.3) is 5.91 Å². The summed E-state index contributed by atoms with van der Waals surface area (Å²) in [5.74, 6) is -0.788. The number of amides is 3. The number of ether oxygens (including phenoxy) is 1. The van der Waals surface area contributed by atoms with Gasteiger partial charge in [-0.1, -0.05) is 71.9 Å². The Hall–Kier alpha value is -4.96. The second-order valence-corrected chi connectivity index (χ2v) is 9.67. The summed E-state index contributed by atoms with van der Waals surface area (Å²) < 4.78 is 10.5. The van der Waals surface area contributed by atoms with Crippen LogP contribution in [0.5, 0.6) is 5.75 Å². The van der Waals surface area contributed by atoms with Gasteiger partial charge in [0.05, 0.1) is 12.8 Å². The Bertz CT molecular complexity index is 1420. The van der Waals surface area contributed by atoms with E-state index in [0.29, 0.717) is 18.9 Å². The van der Waals surface area contributed by atoms with E-state index in [-0.39, 0.29) is 31.1 Å². The maximum Gasteiger partial charge on any atom is 0.290 e. The van der Waals surface area contributed by atoms with Crippen LogP contribution >= 0.6 is 0 Å². The molecule has 0 aliphatic heterocycles. The number of nitrogens with two attached hydrogens (primary N) is 1. The lowest BCUT2D eigenvalue weighted by Crippen LogP contribution is -2.55. The predicted molar refractivity (Wildman–Crippen MR) is 157 cm³/mol. The zero-order chi connectivity index (χ0) is 29.7. The quantitative estimate of drug-likeness (QED) is 0.182. The molecule has 218 valence electrons. The van der Waals surface area contributed by atoms with E-state index in [9.17, 15) is 14.4 Å². The molecule has 0 saturated heterocycles. The van der Waals surface area contributed by atoms with E-state index in [2.05, 4.69) is 21.1 Å². The fraction of sp³-hybridized carbons (Fsp3) is 0.250. The van der Waals surface area contributed by atoms with Crippen molar-refractivity contribution in [2.45, 2.75) is 44.9 Å². The van der Waals surface area contributed by atoms with E-state index in [1.54, 1.807) is 12.1 Å². The number of carbonyl (C=O) groups is 3. The Kier molecular flexibility index (Phi) is 10.8. The SMILES string of the molecule is CCOc1ccc(C[C@@H](NC(=O)c2ccno2)C(=O)N[C@@H](Cc2ccccc2)C(=O)NCc2ccc(CN)cc2)cc1. The molecule has 0 bridgehead atoms. The molecule has 0 radical (unpaired) electrons. The molecule has 5 N–H and O–H groups in total. The first-order chi connectivity index (χ1) is 20.4. The third kappa shape index (κ3) is 8.77. The fourth-order valence-electron chi connectivity index (χ4n) is 4.33. The molecular weight excluding hydrogens is 534 g/mol. The highest BCUT2D eigenvalue weighted by atomic mass is 16.5. The molecule has 42 heavy (non-hydrogen) atoms. The Labute approximate surface area is 244 Å². The first-order valence-electron chi connectivity index (χ1n) is 13.8.